The van der Waals surface area contributed by atoms with Crippen LogP contribution in [0.4, 0.5) is 0 Å². The normalized spacial score (nSPS) is 10.9. The first-order valence-corrected chi connectivity index (χ1v) is 11.9. The summed E-state index contributed by atoms with van der Waals surface area (Å²) in [5.41, 5.74) is 3.11. The molecule has 0 aliphatic carbocycles. The Kier molecular flexibility index (Phi) is 7.06. The minimum Gasteiger partial charge on any atom is -0.497 e. The number of hydrogen-bond acceptors (Lipinski definition) is 6. The molecule has 2 heterocycles. The summed E-state index contributed by atoms with van der Waals surface area (Å²) in [5, 5.41) is 13.4. The van der Waals surface area contributed by atoms with Gasteiger partial charge in [-0.15, -0.1) is 28.1 Å². The lowest BCUT2D eigenvalue weighted by molar-refractivity contribution is 0.414. The summed E-state index contributed by atoms with van der Waals surface area (Å²) in [6.07, 6.45) is 2.56. The Morgan fingerprint density at radius 1 is 1.16 bits per heavy atom. The second-order valence-electron chi connectivity index (χ2n) is 6.74. The predicted octanol–water partition coefficient (Wildman–Crippen LogP) is 6.13. The molecule has 0 amide bonds. The first-order valence-electron chi connectivity index (χ1n) is 9.66. The van der Waals surface area contributed by atoms with E-state index in [1.165, 1.54) is 0 Å². The van der Waals surface area contributed by atoms with Crippen molar-refractivity contribution in [1.82, 2.24) is 19.7 Å². The highest BCUT2D eigenvalue weighted by atomic mass is 35.5. The van der Waals surface area contributed by atoms with Gasteiger partial charge in [-0.1, -0.05) is 59.8 Å². The summed E-state index contributed by atoms with van der Waals surface area (Å²) in [6.45, 7) is 4.54. The lowest BCUT2D eigenvalue weighted by Crippen LogP contribution is -2.05. The molecule has 158 valence electrons. The zero-order valence-corrected chi connectivity index (χ0v) is 19.4. The maximum Gasteiger partial charge on any atom is 0.191 e. The van der Waals surface area contributed by atoms with Crippen LogP contribution in [0.3, 0.4) is 0 Å². The summed E-state index contributed by atoms with van der Waals surface area (Å²) in [6, 6.07) is 15.8. The maximum absolute atomic E-state index is 6.31. The Morgan fingerprint density at radius 2 is 1.97 bits per heavy atom. The Labute approximate surface area is 194 Å². The van der Waals surface area contributed by atoms with Gasteiger partial charge in [0.05, 0.1) is 17.8 Å². The van der Waals surface area contributed by atoms with Crippen LogP contribution in [0.15, 0.2) is 71.7 Å². The highest BCUT2D eigenvalue weighted by molar-refractivity contribution is 7.98. The minimum atomic E-state index is 0.656. The Hall–Kier alpha value is -2.61. The summed E-state index contributed by atoms with van der Waals surface area (Å²) in [7, 11) is 1.67. The molecule has 4 aromatic rings. The van der Waals surface area contributed by atoms with Crippen molar-refractivity contribution in [3.63, 3.8) is 0 Å². The molecule has 0 spiro atoms. The Morgan fingerprint density at radius 3 is 2.71 bits per heavy atom. The number of halogens is 1. The second-order valence-corrected chi connectivity index (χ2v) is 8.94. The summed E-state index contributed by atoms with van der Waals surface area (Å²) in [5.74, 6) is 2.45. The minimum absolute atomic E-state index is 0.656. The average Bonchev–Trinajstić information content (AvgIpc) is 3.41. The fourth-order valence-electron chi connectivity index (χ4n) is 3.07. The van der Waals surface area contributed by atoms with E-state index in [1.807, 2.05) is 54.6 Å². The fraction of sp³-hybridized carbons (Fsp3) is 0.174. The summed E-state index contributed by atoms with van der Waals surface area (Å²) < 4.78 is 7.33. The molecule has 0 fully saturated rings. The van der Waals surface area contributed by atoms with Gasteiger partial charge < -0.3 is 9.30 Å². The average molecular weight is 469 g/mol. The van der Waals surface area contributed by atoms with E-state index in [0.29, 0.717) is 23.7 Å². The van der Waals surface area contributed by atoms with Crippen LogP contribution in [0.5, 0.6) is 5.75 Å². The monoisotopic (exact) mass is 468 g/mol. The second kappa shape index (κ2) is 10.1. The molecule has 0 unspecified atom stereocenters. The quantitative estimate of drug-likeness (QED) is 0.218. The number of thiazole rings is 1. The number of methoxy groups -OCH3 is 1. The number of allylic oxidation sites excluding steroid dienone is 1. The zero-order valence-electron chi connectivity index (χ0n) is 17.0. The van der Waals surface area contributed by atoms with Crippen LogP contribution in [-0.4, -0.2) is 26.9 Å². The van der Waals surface area contributed by atoms with Crippen LogP contribution in [-0.2, 0) is 18.7 Å². The van der Waals surface area contributed by atoms with Gasteiger partial charge in [0.1, 0.15) is 16.6 Å². The SMILES string of the molecule is C=CCn1c(Cc2ccc(OC)cc2)nnc1SCc1csc(-c2ccccc2Cl)n1. The van der Waals surface area contributed by atoms with Crippen LogP contribution in [0.1, 0.15) is 17.1 Å². The molecule has 0 bridgehead atoms. The molecule has 0 radical (unpaired) electrons. The summed E-state index contributed by atoms with van der Waals surface area (Å²) >= 11 is 9.53. The van der Waals surface area contributed by atoms with E-state index < -0.39 is 0 Å². The van der Waals surface area contributed by atoms with Crippen LogP contribution < -0.4 is 4.74 Å². The van der Waals surface area contributed by atoms with Gasteiger partial charge in [-0.05, 0) is 23.8 Å². The third-order valence-electron chi connectivity index (χ3n) is 4.63. The van der Waals surface area contributed by atoms with E-state index in [1.54, 1.807) is 30.2 Å². The fourth-order valence-corrected chi connectivity index (χ4v) is 5.17. The van der Waals surface area contributed by atoms with E-state index in [4.69, 9.17) is 21.3 Å². The lowest BCUT2D eigenvalue weighted by atomic mass is 10.1. The molecule has 2 aromatic heterocycles. The molecule has 0 atom stereocenters. The topological polar surface area (TPSA) is 52.8 Å². The number of ether oxygens (including phenoxy) is 1. The summed E-state index contributed by atoms with van der Waals surface area (Å²) in [4.78, 5) is 4.75. The van der Waals surface area contributed by atoms with Gasteiger partial charge in [0.25, 0.3) is 0 Å². The molecule has 0 saturated heterocycles. The molecule has 8 heteroatoms. The Bertz CT molecular complexity index is 1170. The third-order valence-corrected chi connectivity index (χ3v) is 6.89. The van der Waals surface area contributed by atoms with Crippen molar-refractivity contribution in [1.29, 1.82) is 0 Å². The van der Waals surface area contributed by atoms with Crippen molar-refractivity contribution in [2.45, 2.75) is 23.9 Å². The third kappa shape index (κ3) is 5.18. The van der Waals surface area contributed by atoms with Crippen molar-refractivity contribution >= 4 is 34.7 Å². The molecule has 0 aliphatic heterocycles. The highest BCUT2D eigenvalue weighted by Crippen LogP contribution is 2.32. The van der Waals surface area contributed by atoms with Gasteiger partial charge in [-0.3, -0.25) is 0 Å². The zero-order chi connectivity index (χ0) is 21.6. The van der Waals surface area contributed by atoms with Crippen molar-refractivity contribution in [2.24, 2.45) is 0 Å². The number of nitrogens with zero attached hydrogens (tertiary/aromatic N) is 4. The molecule has 0 aliphatic rings. The standard InChI is InChI=1S/C23H21ClN4OS2/c1-3-12-28-21(13-16-8-10-18(29-2)11-9-16)26-27-23(28)31-15-17-14-30-22(25-17)19-6-4-5-7-20(19)24/h3-11,14H,1,12-13,15H2,2H3. The van der Waals surface area contributed by atoms with Crippen LogP contribution in [0, 0.1) is 0 Å². The smallest absolute Gasteiger partial charge is 0.191 e. The van der Waals surface area contributed by atoms with E-state index >= 15 is 0 Å². The number of hydrogen-bond donors (Lipinski definition) is 0. The van der Waals surface area contributed by atoms with Gasteiger partial charge in [0.15, 0.2) is 5.16 Å². The van der Waals surface area contributed by atoms with E-state index in [-0.39, 0.29) is 0 Å². The van der Waals surface area contributed by atoms with Crippen molar-refractivity contribution in [3.8, 4) is 16.3 Å². The molecule has 0 N–H and O–H groups in total. The van der Waals surface area contributed by atoms with Gasteiger partial charge in [-0.2, -0.15) is 0 Å². The van der Waals surface area contributed by atoms with E-state index in [9.17, 15) is 0 Å². The largest absolute Gasteiger partial charge is 0.497 e. The number of rotatable bonds is 9. The van der Waals surface area contributed by atoms with Gasteiger partial charge >= 0.3 is 0 Å². The first kappa shape index (κ1) is 21.6. The Balaban J connectivity index is 1.47. The highest BCUT2D eigenvalue weighted by Gasteiger charge is 2.14. The molecular weight excluding hydrogens is 448 g/mol. The molecule has 0 saturated carbocycles. The molecule has 31 heavy (non-hydrogen) atoms. The number of thioether (sulfide) groups is 1. The maximum atomic E-state index is 6.31. The van der Waals surface area contributed by atoms with Crippen molar-refractivity contribution < 1.29 is 4.74 Å². The van der Waals surface area contributed by atoms with Gasteiger partial charge in [0.2, 0.25) is 0 Å². The van der Waals surface area contributed by atoms with Crippen LogP contribution in [0.2, 0.25) is 5.02 Å². The lowest BCUT2D eigenvalue weighted by Gasteiger charge is -2.08. The van der Waals surface area contributed by atoms with E-state index in [2.05, 4.69) is 26.7 Å². The first-order chi connectivity index (χ1) is 15.2. The van der Waals surface area contributed by atoms with Gasteiger partial charge in [0, 0.05) is 29.7 Å². The molecule has 2 aromatic carbocycles. The van der Waals surface area contributed by atoms with Gasteiger partial charge in [-0.25, -0.2) is 4.98 Å². The van der Waals surface area contributed by atoms with Crippen molar-refractivity contribution in [3.05, 3.63) is 88.7 Å². The molecular formula is C23H21ClN4OS2. The number of benzene rings is 2. The van der Waals surface area contributed by atoms with Crippen LogP contribution >= 0.6 is 34.7 Å². The van der Waals surface area contributed by atoms with Crippen LogP contribution in [0.25, 0.3) is 10.6 Å². The predicted molar refractivity (Wildman–Crippen MR) is 128 cm³/mol. The molecule has 5 nitrogen and oxygen atoms in total. The van der Waals surface area contributed by atoms with Crippen molar-refractivity contribution in [2.75, 3.05) is 7.11 Å². The molecule has 4 rings (SSSR count). The number of aromatic nitrogens is 4. The van der Waals surface area contributed by atoms with E-state index in [0.717, 1.165) is 38.6 Å².